The number of anilines is 1. The number of nitrogens with two attached hydrogens (primary N) is 2. The summed E-state index contributed by atoms with van der Waals surface area (Å²) in [6.07, 6.45) is 6.38. The van der Waals surface area contributed by atoms with Gasteiger partial charge in [0.25, 0.3) is 5.91 Å². The second-order valence-corrected chi connectivity index (χ2v) is 14.7. The third-order valence-corrected chi connectivity index (χ3v) is 11.0. The van der Waals surface area contributed by atoms with Crippen molar-refractivity contribution in [3.8, 4) is 0 Å². The molecule has 0 bridgehead atoms. The largest absolute Gasteiger partial charge is 0.415 e. The van der Waals surface area contributed by atoms with E-state index in [1.807, 2.05) is 16.7 Å². The van der Waals surface area contributed by atoms with Crippen molar-refractivity contribution in [2.75, 3.05) is 12.3 Å². The fourth-order valence-electron chi connectivity index (χ4n) is 3.47. The summed E-state index contributed by atoms with van der Waals surface area (Å²) in [5.74, 6) is -0.523. The highest BCUT2D eigenvalue weighted by Gasteiger charge is 2.37. The number of benzene rings is 1. The van der Waals surface area contributed by atoms with E-state index in [1.54, 1.807) is 12.5 Å². The van der Waals surface area contributed by atoms with E-state index in [0.29, 0.717) is 6.61 Å². The van der Waals surface area contributed by atoms with Gasteiger partial charge in [-0.25, -0.2) is 4.98 Å². The lowest BCUT2D eigenvalue weighted by molar-refractivity contribution is 0.0995. The summed E-state index contributed by atoms with van der Waals surface area (Å²) in [5.41, 5.74) is 14.8. The molecule has 0 spiro atoms. The van der Waals surface area contributed by atoms with Crippen LogP contribution in [0.15, 0.2) is 36.9 Å². The molecule has 1 unspecified atom stereocenters. The van der Waals surface area contributed by atoms with Crippen LogP contribution in [-0.2, 0) is 11.0 Å². The number of carbonyl (C=O) groups is 1. The van der Waals surface area contributed by atoms with E-state index in [-0.39, 0.29) is 16.8 Å². The second kappa shape index (κ2) is 8.51. The summed E-state index contributed by atoms with van der Waals surface area (Å²) >= 11 is 0. The number of primary amides is 1. The molecule has 0 aliphatic rings. The summed E-state index contributed by atoms with van der Waals surface area (Å²) in [6.45, 7) is 14.7. The number of amides is 1. The van der Waals surface area contributed by atoms with E-state index in [2.05, 4.69) is 62.6 Å². The van der Waals surface area contributed by atoms with Crippen molar-refractivity contribution < 1.29 is 9.22 Å². The summed E-state index contributed by atoms with van der Waals surface area (Å²) in [4.78, 5) is 15.7. The number of nitrogens with zero attached hydrogens (tertiary/aromatic N) is 3. The lowest BCUT2D eigenvalue weighted by atomic mass is 10.2. The quantitative estimate of drug-likeness (QED) is 0.397. The number of rotatable bonds is 8. The average Bonchev–Trinajstić information content (AvgIpc) is 3.26. The van der Waals surface area contributed by atoms with Crippen molar-refractivity contribution in [3.05, 3.63) is 48.2 Å². The molecule has 168 valence electrons. The van der Waals surface area contributed by atoms with Crippen LogP contribution in [0.2, 0.25) is 18.1 Å². The zero-order valence-electron chi connectivity index (χ0n) is 19.5. The minimum Gasteiger partial charge on any atom is -0.415 e. The van der Waals surface area contributed by atoms with E-state index in [9.17, 15) is 4.79 Å². The average molecular weight is 442 g/mol. The summed E-state index contributed by atoms with van der Waals surface area (Å²) in [6, 6.07) is 6.07. The highest BCUT2D eigenvalue weighted by molar-refractivity contribution is 6.74. The van der Waals surface area contributed by atoms with Gasteiger partial charge in [0.1, 0.15) is 5.69 Å². The molecule has 2 aromatic heterocycles. The molecule has 4 N–H and O–H groups in total. The third-order valence-electron chi connectivity index (χ3n) is 6.53. The van der Waals surface area contributed by atoms with Gasteiger partial charge in [0.15, 0.2) is 8.32 Å². The topological polar surface area (TPSA) is 101 Å². The third kappa shape index (κ3) is 5.02. The molecule has 0 aliphatic carbocycles. The van der Waals surface area contributed by atoms with Gasteiger partial charge in [-0.2, -0.15) is 0 Å². The maximum Gasteiger partial charge on any atom is 0.268 e. The Hall–Kier alpha value is -2.58. The summed E-state index contributed by atoms with van der Waals surface area (Å²) in [7, 11) is -1.92. The number of imidazole rings is 1. The van der Waals surface area contributed by atoms with E-state index >= 15 is 0 Å². The van der Waals surface area contributed by atoms with Gasteiger partial charge in [-0.15, -0.1) is 0 Å². The molecule has 0 saturated heterocycles. The van der Waals surface area contributed by atoms with Crippen molar-refractivity contribution in [3.63, 3.8) is 0 Å². The van der Waals surface area contributed by atoms with Crippen LogP contribution in [0.4, 0.5) is 5.69 Å². The Kier molecular flexibility index (Phi) is 6.34. The Balaban J connectivity index is 1.84. The predicted molar refractivity (Wildman–Crippen MR) is 129 cm³/mol. The van der Waals surface area contributed by atoms with Crippen LogP contribution in [0.25, 0.3) is 10.9 Å². The SMILES string of the molecule is Cc1cn(CCC(CO[Si](C)(C)C(C)(C)C)n2cnc(C(N)=O)c2)c2cc(N)ccc12. The van der Waals surface area contributed by atoms with Crippen LogP contribution >= 0.6 is 0 Å². The number of hydrogen-bond donors (Lipinski definition) is 2. The van der Waals surface area contributed by atoms with Gasteiger partial charge in [0.2, 0.25) is 0 Å². The van der Waals surface area contributed by atoms with Gasteiger partial charge >= 0.3 is 0 Å². The Labute approximate surface area is 185 Å². The molecule has 0 fully saturated rings. The monoisotopic (exact) mass is 441 g/mol. The molecule has 3 rings (SSSR count). The molecular formula is C23H35N5O2Si. The van der Waals surface area contributed by atoms with Crippen molar-refractivity contribution in [2.45, 2.75) is 64.8 Å². The highest BCUT2D eigenvalue weighted by atomic mass is 28.4. The summed E-state index contributed by atoms with van der Waals surface area (Å²) in [5, 5.41) is 1.33. The van der Waals surface area contributed by atoms with E-state index in [0.717, 1.165) is 24.2 Å². The zero-order valence-corrected chi connectivity index (χ0v) is 20.5. The molecule has 1 atom stereocenters. The van der Waals surface area contributed by atoms with Crippen molar-refractivity contribution in [2.24, 2.45) is 5.73 Å². The number of hydrogen-bond acceptors (Lipinski definition) is 4. The van der Waals surface area contributed by atoms with Crippen LogP contribution in [-0.4, -0.2) is 34.9 Å². The first-order valence-corrected chi connectivity index (χ1v) is 13.6. The summed E-state index contributed by atoms with van der Waals surface area (Å²) < 4.78 is 10.7. The van der Waals surface area contributed by atoms with Crippen LogP contribution in [0.1, 0.15) is 49.3 Å². The molecule has 0 saturated carbocycles. The maximum atomic E-state index is 11.6. The van der Waals surface area contributed by atoms with Crippen molar-refractivity contribution >= 4 is 30.8 Å². The molecule has 31 heavy (non-hydrogen) atoms. The molecule has 7 nitrogen and oxygen atoms in total. The number of aryl methyl sites for hydroxylation is 2. The first kappa shape index (κ1) is 23.1. The van der Waals surface area contributed by atoms with Crippen molar-refractivity contribution in [1.82, 2.24) is 14.1 Å². The Morgan fingerprint density at radius 3 is 2.58 bits per heavy atom. The molecule has 0 radical (unpaired) electrons. The Bertz CT molecular complexity index is 1080. The van der Waals surface area contributed by atoms with Crippen LogP contribution in [0.5, 0.6) is 0 Å². The first-order chi connectivity index (χ1) is 14.4. The molecule has 1 amide bonds. The van der Waals surface area contributed by atoms with E-state index < -0.39 is 14.2 Å². The lowest BCUT2D eigenvalue weighted by Gasteiger charge is -2.37. The lowest BCUT2D eigenvalue weighted by Crippen LogP contribution is -2.42. The van der Waals surface area contributed by atoms with Gasteiger partial charge in [-0.1, -0.05) is 26.8 Å². The van der Waals surface area contributed by atoms with Gasteiger partial charge in [-0.3, -0.25) is 4.79 Å². The van der Waals surface area contributed by atoms with Crippen LogP contribution in [0, 0.1) is 6.92 Å². The Morgan fingerprint density at radius 2 is 1.97 bits per heavy atom. The smallest absolute Gasteiger partial charge is 0.268 e. The Morgan fingerprint density at radius 1 is 1.26 bits per heavy atom. The number of carbonyl (C=O) groups excluding carboxylic acids is 1. The van der Waals surface area contributed by atoms with Gasteiger partial charge in [0.05, 0.1) is 24.5 Å². The highest BCUT2D eigenvalue weighted by Crippen LogP contribution is 2.37. The second-order valence-electron chi connectivity index (χ2n) is 9.87. The van der Waals surface area contributed by atoms with Gasteiger partial charge in [0, 0.05) is 30.0 Å². The fourth-order valence-corrected chi connectivity index (χ4v) is 4.51. The van der Waals surface area contributed by atoms with Crippen LogP contribution in [0.3, 0.4) is 0 Å². The molecule has 8 heteroatoms. The number of nitrogen functional groups attached to an aromatic ring is 1. The van der Waals surface area contributed by atoms with Gasteiger partial charge < -0.3 is 25.0 Å². The zero-order chi connectivity index (χ0) is 23.0. The van der Waals surface area contributed by atoms with Gasteiger partial charge in [-0.05, 0) is 49.2 Å². The maximum absolute atomic E-state index is 11.6. The van der Waals surface area contributed by atoms with Crippen molar-refractivity contribution in [1.29, 1.82) is 0 Å². The molecular weight excluding hydrogens is 406 g/mol. The van der Waals surface area contributed by atoms with Crippen LogP contribution < -0.4 is 11.5 Å². The number of fused-ring (bicyclic) bond motifs is 1. The van der Waals surface area contributed by atoms with E-state index in [1.165, 1.54) is 10.9 Å². The molecule has 3 aromatic rings. The first-order valence-electron chi connectivity index (χ1n) is 10.7. The minimum atomic E-state index is -1.92. The van der Waals surface area contributed by atoms with E-state index in [4.69, 9.17) is 15.9 Å². The minimum absolute atomic E-state index is 0.0357. The predicted octanol–water partition coefficient (Wildman–Crippen LogP) is 4.48. The number of aromatic nitrogens is 3. The standard InChI is InChI=1S/C23H35N5O2Si/c1-16-12-27(21-11-17(24)7-8-19(16)21)10-9-18(14-30-31(5,6)23(2,3)4)28-13-20(22(25)29)26-15-28/h7-8,11-13,15,18H,9-10,14,24H2,1-6H3,(H2,25,29). The molecule has 2 heterocycles. The molecule has 0 aliphatic heterocycles. The molecule has 1 aromatic carbocycles. The normalized spacial score (nSPS) is 13.6. The fraction of sp³-hybridized carbons (Fsp3) is 0.478.